The molecule has 0 saturated carbocycles. The lowest BCUT2D eigenvalue weighted by Crippen LogP contribution is -2.24. The molecular weight excluding hydrogens is 267 g/mol. The van der Waals surface area contributed by atoms with Crippen molar-refractivity contribution in [3.63, 3.8) is 0 Å². The summed E-state index contributed by atoms with van der Waals surface area (Å²) in [6, 6.07) is 7.72. The summed E-state index contributed by atoms with van der Waals surface area (Å²) in [6.45, 7) is 5.09. The fourth-order valence-electron chi connectivity index (χ4n) is 2.00. The number of hydrogen-bond donors (Lipinski definition) is 1. The van der Waals surface area contributed by atoms with E-state index in [0.717, 1.165) is 5.69 Å². The standard InChI is InChI=1S/C16H21FN4/c1-12(2)20-10-13-7-9-19-16(15(13)17)21(3)11-14-6-4-5-8-18-14/h4-9,12,20H,10-11H2,1-3H3. The third-order valence-electron chi connectivity index (χ3n) is 3.14. The summed E-state index contributed by atoms with van der Waals surface area (Å²) in [6.07, 6.45) is 3.38. The molecule has 4 nitrogen and oxygen atoms in total. The molecule has 0 radical (unpaired) electrons. The lowest BCUT2D eigenvalue weighted by Gasteiger charge is -2.19. The first-order chi connectivity index (χ1) is 10.1. The lowest BCUT2D eigenvalue weighted by molar-refractivity contribution is 0.548. The molecule has 0 aliphatic heterocycles. The number of nitrogens with zero attached hydrogens (tertiary/aromatic N) is 3. The van der Waals surface area contributed by atoms with E-state index in [9.17, 15) is 4.39 Å². The van der Waals surface area contributed by atoms with E-state index in [1.54, 1.807) is 23.4 Å². The average Bonchev–Trinajstić information content (AvgIpc) is 2.47. The maximum absolute atomic E-state index is 14.5. The smallest absolute Gasteiger partial charge is 0.170 e. The number of hydrogen-bond acceptors (Lipinski definition) is 4. The Morgan fingerprint density at radius 3 is 2.67 bits per heavy atom. The Balaban J connectivity index is 2.13. The van der Waals surface area contributed by atoms with Crippen LogP contribution in [0.1, 0.15) is 25.1 Å². The molecule has 0 saturated heterocycles. The monoisotopic (exact) mass is 288 g/mol. The minimum Gasteiger partial charge on any atom is -0.351 e. The van der Waals surface area contributed by atoms with Crippen LogP contribution in [0, 0.1) is 5.82 Å². The van der Waals surface area contributed by atoms with Gasteiger partial charge in [-0.05, 0) is 18.2 Å². The van der Waals surface area contributed by atoms with E-state index >= 15 is 0 Å². The van der Waals surface area contributed by atoms with Crippen LogP contribution < -0.4 is 10.2 Å². The molecule has 2 aromatic rings. The molecule has 21 heavy (non-hydrogen) atoms. The number of halogens is 1. The summed E-state index contributed by atoms with van der Waals surface area (Å²) in [7, 11) is 1.82. The quantitative estimate of drug-likeness (QED) is 0.887. The zero-order valence-electron chi connectivity index (χ0n) is 12.7. The summed E-state index contributed by atoms with van der Waals surface area (Å²) < 4.78 is 14.5. The van der Waals surface area contributed by atoms with Crippen LogP contribution in [-0.4, -0.2) is 23.1 Å². The van der Waals surface area contributed by atoms with Gasteiger partial charge >= 0.3 is 0 Å². The molecule has 0 aromatic carbocycles. The predicted octanol–water partition coefficient (Wildman–Crippen LogP) is 2.75. The van der Waals surface area contributed by atoms with Gasteiger partial charge in [0.05, 0.1) is 12.2 Å². The van der Waals surface area contributed by atoms with Crippen LogP contribution in [0.3, 0.4) is 0 Å². The van der Waals surface area contributed by atoms with Gasteiger partial charge in [0.1, 0.15) is 0 Å². The summed E-state index contributed by atoms with van der Waals surface area (Å²) in [5, 5.41) is 3.22. The highest BCUT2D eigenvalue weighted by molar-refractivity contribution is 5.42. The van der Waals surface area contributed by atoms with Crippen LogP contribution in [0.15, 0.2) is 36.7 Å². The topological polar surface area (TPSA) is 41.1 Å². The molecule has 0 unspecified atom stereocenters. The lowest BCUT2D eigenvalue weighted by atomic mass is 10.2. The van der Waals surface area contributed by atoms with Gasteiger partial charge in [-0.1, -0.05) is 19.9 Å². The summed E-state index contributed by atoms with van der Waals surface area (Å²) in [5.74, 6) is 0.0767. The molecule has 2 rings (SSSR count). The fraction of sp³-hybridized carbons (Fsp3) is 0.375. The van der Waals surface area contributed by atoms with E-state index in [2.05, 4.69) is 15.3 Å². The Morgan fingerprint density at radius 2 is 2.00 bits per heavy atom. The maximum Gasteiger partial charge on any atom is 0.170 e. The largest absolute Gasteiger partial charge is 0.351 e. The summed E-state index contributed by atoms with van der Waals surface area (Å²) in [4.78, 5) is 10.2. The van der Waals surface area contributed by atoms with E-state index in [4.69, 9.17) is 0 Å². The minimum atomic E-state index is -0.274. The normalized spacial score (nSPS) is 10.9. The molecule has 2 heterocycles. The van der Waals surface area contributed by atoms with Crippen molar-refractivity contribution < 1.29 is 4.39 Å². The Hall–Kier alpha value is -2.01. The van der Waals surface area contributed by atoms with E-state index in [1.807, 2.05) is 39.1 Å². The number of pyridine rings is 2. The van der Waals surface area contributed by atoms with Crippen molar-refractivity contribution in [3.8, 4) is 0 Å². The van der Waals surface area contributed by atoms with E-state index in [0.29, 0.717) is 30.5 Å². The maximum atomic E-state index is 14.5. The van der Waals surface area contributed by atoms with Gasteiger partial charge in [-0.3, -0.25) is 4.98 Å². The highest BCUT2D eigenvalue weighted by Crippen LogP contribution is 2.19. The molecule has 5 heteroatoms. The highest BCUT2D eigenvalue weighted by atomic mass is 19.1. The van der Waals surface area contributed by atoms with E-state index in [1.165, 1.54) is 0 Å². The fourth-order valence-corrected chi connectivity index (χ4v) is 2.00. The van der Waals surface area contributed by atoms with Crippen molar-refractivity contribution in [2.24, 2.45) is 0 Å². The molecule has 0 fully saturated rings. The molecular formula is C16H21FN4. The Bertz CT molecular complexity index is 572. The summed E-state index contributed by atoms with van der Waals surface area (Å²) in [5.41, 5.74) is 1.51. The minimum absolute atomic E-state index is 0.274. The van der Waals surface area contributed by atoms with Gasteiger partial charge in [0.2, 0.25) is 0 Å². The Kier molecular flexibility index (Phi) is 5.22. The molecule has 0 atom stereocenters. The number of anilines is 1. The SMILES string of the molecule is CC(C)NCc1ccnc(N(C)Cc2ccccn2)c1F. The van der Waals surface area contributed by atoms with Gasteiger partial charge in [0.15, 0.2) is 11.6 Å². The van der Waals surface area contributed by atoms with Gasteiger partial charge in [-0.2, -0.15) is 0 Å². The molecule has 2 aromatic heterocycles. The zero-order chi connectivity index (χ0) is 15.2. The van der Waals surface area contributed by atoms with Crippen LogP contribution in [0.4, 0.5) is 10.2 Å². The number of aromatic nitrogens is 2. The first-order valence-corrected chi connectivity index (χ1v) is 7.05. The number of rotatable bonds is 6. The molecule has 0 bridgehead atoms. The third kappa shape index (κ3) is 4.23. The Labute approximate surface area is 125 Å². The highest BCUT2D eigenvalue weighted by Gasteiger charge is 2.14. The van der Waals surface area contributed by atoms with E-state index < -0.39 is 0 Å². The van der Waals surface area contributed by atoms with Crippen LogP contribution >= 0.6 is 0 Å². The van der Waals surface area contributed by atoms with Gasteiger partial charge in [0.25, 0.3) is 0 Å². The molecule has 0 amide bonds. The van der Waals surface area contributed by atoms with Crippen LogP contribution in [0.2, 0.25) is 0 Å². The summed E-state index contributed by atoms with van der Waals surface area (Å²) >= 11 is 0. The molecule has 112 valence electrons. The van der Waals surface area contributed by atoms with Crippen molar-refractivity contribution in [2.45, 2.75) is 33.0 Å². The van der Waals surface area contributed by atoms with Crippen LogP contribution in [-0.2, 0) is 13.1 Å². The molecule has 0 aliphatic carbocycles. The van der Waals surface area contributed by atoms with Crippen molar-refractivity contribution in [1.29, 1.82) is 0 Å². The van der Waals surface area contributed by atoms with Crippen LogP contribution in [0.25, 0.3) is 0 Å². The molecule has 0 aliphatic rings. The van der Waals surface area contributed by atoms with Crippen molar-refractivity contribution in [3.05, 3.63) is 53.7 Å². The van der Waals surface area contributed by atoms with Gasteiger partial charge in [-0.15, -0.1) is 0 Å². The van der Waals surface area contributed by atoms with Crippen molar-refractivity contribution in [1.82, 2.24) is 15.3 Å². The second-order valence-electron chi connectivity index (χ2n) is 5.32. The first-order valence-electron chi connectivity index (χ1n) is 7.05. The van der Waals surface area contributed by atoms with E-state index in [-0.39, 0.29) is 5.82 Å². The number of nitrogens with one attached hydrogen (secondary N) is 1. The average molecular weight is 288 g/mol. The zero-order valence-corrected chi connectivity index (χ0v) is 12.7. The molecule has 0 spiro atoms. The second-order valence-corrected chi connectivity index (χ2v) is 5.32. The second kappa shape index (κ2) is 7.13. The van der Waals surface area contributed by atoms with Gasteiger partial charge in [-0.25, -0.2) is 9.37 Å². The third-order valence-corrected chi connectivity index (χ3v) is 3.14. The van der Waals surface area contributed by atoms with Crippen LogP contribution in [0.5, 0.6) is 0 Å². The van der Waals surface area contributed by atoms with Gasteiger partial charge in [0, 0.05) is 37.6 Å². The van der Waals surface area contributed by atoms with Gasteiger partial charge < -0.3 is 10.2 Å². The van der Waals surface area contributed by atoms with Crippen molar-refractivity contribution in [2.75, 3.05) is 11.9 Å². The first kappa shape index (κ1) is 15.4. The molecule has 1 N–H and O–H groups in total. The predicted molar refractivity (Wildman–Crippen MR) is 82.5 cm³/mol. The van der Waals surface area contributed by atoms with Crippen molar-refractivity contribution >= 4 is 5.82 Å². The Morgan fingerprint density at radius 1 is 1.19 bits per heavy atom.